The van der Waals surface area contributed by atoms with Crippen molar-refractivity contribution in [3.05, 3.63) is 52.8 Å². The molecule has 1 saturated heterocycles. The molecule has 1 aromatic heterocycles. The maximum atomic E-state index is 6.15. The lowest BCUT2D eigenvalue weighted by Gasteiger charge is -2.52. The SMILES string of the molecule is C[C@@]12CCOC[C@H]1C1(COC(N)=N1)c1cc(-c3cncc(Cl)c3)ccc1C2. The van der Waals surface area contributed by atoms with Crippen LogP contribution < -0.4 is 5.73 Å². The Balaban J connectivity index is 1.70. The van der Waals surface area contributed by atoms with Gasteiger partial charge in [-0.15, -0.1) is 0 Å². The van der Waals surface area contributed by atoms with E-state index in [0.29, 0.717) is 18.2 Å². The Hall–Kier alpha value is -2.11. The van der Waals surface area contributed by atoms with Gasteiger partial charge in [-0.25, -0.2) is 4.99 Å². The number of amidine groups is 1. The van der Waals surface area contributed by atoms with Crippen molar-refractivity contribution in [1.82, 2.24) is 4.98 Å². The van der Waals surface area contributed by atoms with Crippen molar-refractivity contribution < 1.29 is 9.47 Å². The lowest BCUT2D eigenvalue weighted by Crippen LogP contribution is -2.54. The third-order valence-electron chi connectivity index (χ3n) is 6.48. The minimum absolute atomic E-state index is 0.127. The summed E-state index contributed by atoms with van der Waals surface area (Å²) in [6.45, 7) is 4.29. The van der Waals surface area contributed by atoms with Crippen LogP contribution in [0.5, 0.6) is 0 Å². The maximum Gasteiger partial charge on any atom is 0.283 e. The maximum absolute atomic E-state index is 6.15. The number of nitrogens with two attached hydrogens (primary N) is 1. The summed E-state index contributed by atoms with van der Waals surface area (Å²) in [5, 5.41) is 0.625. The van der Waals surface area contributed by atoms with Gasteiger partial charge in [0.1, 0.15) is 12.1 Å². The molecular formula is C21H22ClN3O2. The molecule has 2 aromatic rings. The highest BCUT2D eigenvalue weighted by molar-refractivity contribution is 6.30. The lowest BCUT2D eigenvalue weighted by atomic mass is 9.55. The van der Waals surface area contributed by atoms with Crippen molar-refractivity contribution >= 4 is 17.6 Å². The van der Waals surface area contributed by atoms with Gasteiger partial charge in [0, 0.05) is 30.5 Å². The molecule has 1 aromatic carbocycles. The second-order valence-corrected chi connectivity index (χ2v) is 8.57. The van der Waals surface area contributed by atoms with Gasteiger partial charge < -0.3 is 15.2 Å². The van der Waals surface area contributed by atoms with Gasteiger partial charge in [-0.05, 0) is 47.1 Å². The first-order valence-electron chi connectivity index (χ1n) is 9.30. The zero-order valence-corrected chi connectivity index (χ0v) is 16.0. The van der Waals surface area contributed by atoms with E-state index in [9.17, 15) is 0 Å². The summed E-state index contributed by atoms with van der Waals surface area (Å²) < 4.78 is 11.6. The number of nitrogens with zero attached hydrogens (tertiary/aromatic N) is 2. The van der Waals surface area contributed by atoms with E-state index < -0.39 is 5.54 Å². The topological polar surface area (TPSA) is 69.7 Å². The van der Waals surface area contributed by atoms with Crippen LogP contribution in [0.1, 0.15) is 24.5 Å². The first kappa shape index (κ1) is 17.0. The van der Waals surface area contributed by atoms with Crippen molar-refractivity contribution in [3.63, 3.8) is 0 Å². The number of aliphatic imine (C=N–C) groups is 1. The number of halogens is 1. The largest absolute Gasteiger partial charge is 0.462 e. The number of aromatic nitrogens is 1. The first-order valence-corrected chi connectivity index (χ1v) is 9.68. The zero-order valence-electron chi connectivity index (χ0n) is 15.2. The van der Waals surface area contributed by atoms with E-state index in [2.05, 4.69) is 30.1 Å². The van der Waals surface area contributed by atoms with Crippen LogP contribution in [0, 0.1) is 11.3 Å². The highest BCUT2D eigenvalue weighted by atomic mass is 35.5. The van der Waals surface area contributed by atoms with Crippen LogP contribution in [0.4, 0.5) is 0 Å². The van der Waals surface area contributed by atoms with E-state index in [-0.39, 0.29) is 17.4 Å². The van der Waals surface area contributed by atoms with Crippen LogP contribution in [0.15, 0.2) is 41.7 Å². The standard InChI is InChI=1S/C21H22ClN3O2/c1-20-4-5-26-11-18(20)21(12-27-19(23)25-21)17-7-13(2-3-14(17)8-20)15-6-16(22)10-24-9-15/h2-3,6-7,9-10,18H,4-5,8,11-12H2,1H3,(H2,23,25)/t18-,20+,21?/m1/s1. The fourth-order valence-electron chi connectivity index (χ4n) is 5.08. The molecule has 5 rings (SSSR count). The van der Waals surface area contributed by atoms with E-state index in [1.807, 2.05) is 12.3 Å². The van der Waals surface area contributed by atoms with Gasteiger partial charge in [0.25, 0.3) is 6.02 Å². The Bertz CT molecular complexity index is 947. The van der Waals surface area contributed by atoms with Crippen molar-refractivity contribution in [3.8, 4) is 11.1 Å². The minimum atomic E-state index is -0.491. The van der Waals surface area contributed by atoms with Gasteiger partial charge in [-0.2, -0.15) is 0 Å². The molecular weight excluding hydrogens is 362 g/mol. The van der Waals surface area contributed by atoms with Crippen LogP contribution >= 0.6 is 11.6 Å². The van der Waals surface area contributed by atoms with Gasteiger partial charge in [-0.1, -0.05) is 30.7 Å². The number of rotatable bonds is 1. The quantitative estimate of drug-likeness (QED) is 0.817. The highest BCUT2D eigenvalue weighted by Crippen LogP contribution is 2.56. The highest BCUT2D eigenvalue weighted by Gasteiger charge is 2.57. The first-order chi connectivity index (χ1) is 13.0. The summed E-state index contributed by atoms with van der Waals surface area (Å²) in [5.74, 6) is 0.236. The van der Waals surface area contributed by atoms with Gasteiger partial charge >= 0.3 is 0 Å². The van der Waals surface area contributed by atoms with E-state index in [4.69, 9.17) is 31.8 Å². The Kier molecular flexibility index (Phi) is 3.75. The second-order valence-electron chi connectivity index (χ2n) is 8.14. The molecule has 1 unspecified atom stereocenters. The fourth-order valence-corrected chi connectivity index (χ4v) is 5.25. The van der Waals surface area contributed by atoms with Crippen LogP contribution in [0.25, 0.3) is 11.1 Å². The molecule has 0 amide bonds. The van der Waals surface area contributed by atoms with Gasteiger partial charge in [0.2, 0.25) is 0 Å². The predicted molar refractivity (Wildman–Crippen MR) is 105 cm³/mol. The molecule has 140 valence electrons. The Morgan fingerprint density at radius 3 is 2.89 bits per heavy atom. The minimum Gasteiger partial charge on any atom is -0.462 e. The third kappa shape index (κ3) is 2.56. The molecule has 3 atom stereocenters. The van der Waals surface area contributed by atoms with Crippen molar-refractivity contribution in [2.24, 2.45) is 22.1 Å². The molecule has 6 heteroatoms. The molecule has 2 N–H and O–H groups in total. The van der Waals surface area contributed by atoms with E-state index >= 15 is 0 Å². The third-order valence-corrected chi connectivity index (χ3v) is 6.69. The summed E-state index contributed by atoms with van der Waals surface area (Å²) in [5.41, 5.74) is 10.2. The number of hydrogen-bond acceptors (Lipinski definition) is 5. The van der Waals surface area contributed by atoms with Gasteiger partial charge in [0.05, 0.1) is 11.6 Å². The molecule has 27 heavy (non-hydrogen) atoms. The number of hydrogen-bond donors (Lipinski definition) is 1. The number of pyridine rings is 1. The average Bonchev–Trinajstić information content (AvgIpc) is 3.04. The van der Waals surface area contributed by atoms with Crippen LogP contribution in [0.2, 0.25) is 5.02 Å². The number of benzene rings is 1. The molecule has 0 saturated carbocycles. The number of fused-ring (bicyclic) bond motifs is 4. The normalized spacial score (nSPS) is 31.8. The Morgan fingerprint density at radius 2 is 2.11 bits per heavy atom. The predicted octanol–water partition coefficient (Wildman–Crippen LogP) is 3.54. The van der Waals surface area contributed by atoms with Crippen LogP contribution in [-0.4, -0.2) is 30.8 Å². The molecule has 2 aliphatic heterocycles. The van der Waals surface area contributed by atoms with Gasteiger partial charge in [0.15, 0.2) is 0 Å². The van der Waals surface area contributed by atoms with Crippen LogP contribution in [-0.2, 0) is 21.4 Å². The summed E-state index contributed by atoms with van der Waals surface area (Å²) >= 11 is 6.15. The summed E-state index contributed by atoms with van der Waals surface area (Å²) in [6.07, 6.45) is 5.52. The zero-order chi connectivity index (χ0) is 18.6. The summed E-state index contributed by atoms with van der Waals surface area (Å²) in [7, 11) is 0. The fraction of sp³-hybridized carbons (Fsp3) is 0.429. The van der Waals surface area contributed by atoms with E-state index in [1.54, 1.807) is 6.20 Å². The average molecular weight is 384 g/mol. The molecule has 3 aliphatic rings. The van der Waals surface area contributed by atoms with Crippen molar-refractivity contribution in [1.29, 1.82) is 0 Å². The molecule has 1 aliphatic carbocycles. The monoisotopic (exact) mass is 383 g/mol. The molecule has 3 heterocycles. The molecule has 5 nitrogen and oxygen atoms in total. The lowest BCUT2D eigenvalue weighted by molar-refractivity contribution is -0.0792. The second kappa shape index (κ2) is 5.94. The van der Waals surface area contributed by atoms with Crippen molar-refractivity contribution in [2.45, 2.75) is 25.3 Å². The van der Waals surface area contributed by atoms with E-state index in [0.717, 1.165) is 30.6 Å². The van der Waals surface area contributed by atoms with E-state index in [1.165, 1.54) is 11.1 Å². The summed E-state index contributed by atoms with van der Waals surface area (Å²) in [6, 6.07) is 8.77. The van der Waals surface area contributed by atoms with Crippen molar-refractivity contribution in [2.75, 3.05) is 19.8 Å². The van der Waals surface area contributed by atoms with Gasteiger partial charge in [-0.3, -0.25) is 4.98 Å². The Morgan fingerprint density at radius 1 is 1.22 bits per heavy atom. The molecule has 1 spiro atoms. The molecule has 1 fully saturated rings. The molecule has 0 bridgehead atoms. The number of ether oxygens (including phenoxy) is 2. The smallest absolute Gasteiger partial charge is 0.283 e. The summed E-state index contributed by atoms with van der Waals surface area (Å²) in [4.78, 5) is 9.08. The molecule has 0 radical (unpaired) electrons. The van der Waals surface area contributed by atoms with Crippen LogP contribution in [0.3, 0.4) is 0 Å². The Labute approximate surface area is 163 Å².